The lowest BCUT2D eigenvalue weighted by Crippen LogP contribution is -2.39. The summed E-state index contributed by atoms with van der Waals surface area (Å²) in [4.78, 5) is 42.0. The second kappa shape index (κ2) is 8.64. The third kappa shape index (κ3) is 4.46. The molecule has 8 nitrogen and oxygen atoms in total. The highest BCUT2D eigenvalue weighted by molar-refractivity contribution is 7.11. The second-order valence-corrected chi connectivity index (χ2v) is 7.93. The Kier molecular flexibility index (Phi) is 6.23. The Balaban J connectivity index is 1.81. The van der Waals surface area contributed by atoms with Crippen molar-refractivity contribution in [3.63, 3.8) is 0 Å². The van der Waals surface area contributed by atoms with Crippen LogP contribution in [0.15, 0.2) is 11.6 Å². The Morgan fingerprint density at radius 1 is 1.39 bits per heavy atom. The van der Waals surface area contributed by atoms with Gasteiger partial charge in [-0.3, -0.25) is 9.59 Å². The molecule has 2 amide bonds. The zero-order valence-electron chi connectivity index (χ0n) is 16.7. The van der Waals surface area contributed by atoms with E-state index < -0.39 is 0 Å². The van der Waals surface area contributed by atoms with Crippen molar-refractivity contribution in [2.45, 2.75) is 39.2 Å². The van der Waals surface area contributed by atoms with Crippen molar-refractivity contribution in [1.82, 2.24) is 24.8 Å². The highest BCUT2D eigenvalue weighted by atomic mass is 32.1. The summed E-state index contributed by atoms with van der Waals surface area (Å²) in [6.07, 6.45) is 1.89. The Morgan fingerprint density at radius 2 is 2.18 bits per heavy atom. The number of carbonyl (C=O) groups is 2. The first-order chi connectivity index (χ1) is 13.4. The van der Waals surface area contributed by atoms with Gasteiger partial charge < -0.3 is 15.1 Å². The highest BCUT2D eigenvalue weighted by Crippen LogP contribution is 2.29. The van der Waals surface area contributed by atoms with Gasteiger partial charge in [-0.25, -0.2) is 15.0 Å². The number of anilines is 1. The predicted octanol–water partition coefficient (Wildman–Crippen LogP) is 2.28. The van der Waals surface area contributed by atoms with Crippen molar-refractivity contribution < 1.29 is 9.59 Å². The highest BCUT2D eigenvalue weighted by Gasteiger charge is 2.28. The van der Waals surface area contributed by atoms with Gasteiger partial charge in [0, 0.05) is 46.1 Å². The zero-order valence-corrected chi connectivity index (χ0v) is 17.5. The number of rotatable bonds is 5. The molecule has 0 bridgehead atoms. The number of hydrogen-bond acceptors (Lipinski definition) is 7. The van der Waals surface area contributed by atoms with Crippen LogP contribution in [-0.4, -0.2) is 63.8 Å². The number of aryl methyl sites for hydroxylation is 1. The predicted molar refractivity (Wildman–Crippen MR) is 108 cm³/mol. The Morgan fingerprint density at radius 3 is 2.82 bits per heavy atom. The molecule has 0 saturated carbocycles. The lowest BCUT2D eigenvalue weighted by molar-refractivity contribution is -0.128. The molecule has 1 fully saturated rings. The second-order valence-electron chi connectivity index (χ2n) is 7.08. The van der Waals surface area contributed by atoms with Gasteiger partial charge in [-0.1, -0.05) is 0 Å². The fraction of sp³-hybridized carbons (Fsp3) is 0.526. The Labute approximate surface area is 169 Å². The van der Waals surface area contributed by atoms with E-state index in [0.29, 0.717) is 23.8 Å². The molecule has 3 heterocycles. The number of piperidine rings is 1. The number of thiazole rings is 1. The summed E-state index contributed by atoms with van der Waals surface area (Å²) in [5.41, 5.74) is 3.40. The van der Waals surface area contributed by atoms with Crippen LogP contribution in [0, 0.1) is 6.92 Å². The van der Waals surface area contributed by atoms with Crippen molar-refractivity contribution in [3.05, 3.63) is 33.7 Å². The molecule has 0 aromatic carbocycles. The van der Waals surface area contributed by atoms with Gasteiger partial charge in [-0.2, -0.15) is 0 Å². The first-order valence-electron chi connectivity index (χ1n) is 9.35. The molecular weight excluding hydrogens is 376 g/mol. The van der Waals surface area contributed by atoms with Crippen molar-refractivity contribution in [1.29, 1.82) is 0 Å². The smallest absolute Gasteiger partial charge is 0.265 e. The molecule has 2 aromatic rings. The number of aromatic nitrogens is 3. The monoisotopic (exact) mass is 402 g/mol. The number of carbonyl (C=O) groups excluding carboxylic acids is 2. The third-order valence-corrected chi connectivity index (χ3v) is 5.95. The van der Waals surface area contributed by atoms with Crippen LogP contribution < -0.4 is 5.32 Å². The standard InChI is InChI=1S/C19H26N6O2S/c1-12-18(28-11-21-12)19(27)25-7-5-6-14(9-25)15-8-16(20-3)23-17(22-15)10-24(4)13(2)26/h8,11,14H,5-7,9-10H2,1-4H3,(H,20,22,23)/t14-/m0/s1. The quantitative estimate of drug-likeness (QED) is 0.825. The number of nitrogens with zero attached hydrogens (tertiary/aromatic N) is 5. The Hall–Kier alpha value is -2.55. The fourth-order valence-electron chi connectivity index (χ4n) is 3.30. The van der Waals surface area contributed by atoms with Crippen LogP contribution in [0.2, 0.25) is 0 Å². The molecule has 0 spiro atoms. The molecule has 1 atom stereocenters. The van der Waals surface area contributed by atoms with Crippen LogP contribution in [-0.2, 0) is 11.3 Å². The summed E-state index contributed by atoms with van der Waals surface area (Å²) < 4.78 is 0. The average molecular weight is 403 g/mol. The summed E-state index contributed by atoms with van der Waals surface area (Å²) in [6, 6.07) is 1.94. The minimum absolute atomic E-state index is 0.0330. The molecule has 3 rings (SSSR count). The molecule has 150 valence electrons. The van der Waals surface area contributed by atoms with Gasteiger partial charge in [0.15, 0.2) is 0 Å². The molecule has 1 saturated heterocycles. The van der Waals surface area contributed by atoms with Gasteiger partial charge in [0.05, 0.1) is 23.4 Å². The maximum absolute atomic E-state index is 12.9. The largest absolute Gasteiger partial charge is 0.373 e. The first-order valence-corrected chi connectivity index (χ1v) is 10.2. The summed E-state index contributed by atoms with van der Waals surface area (Å²) in [7, 11) is 3.55. The Bertz CT molecular complexity index is 868. The third-order valence-electron chi connectivity index (χ3n) is 5.03. The topological polar surface area (TPSA) is 91.3 Å². The van der Waals surface area contributed by atoms with E-state index in [1.807, 2.05) is 24.9 Å². The molecular formula is C19H26N6O2S. The van der Waals surface area contributed by atoms with Crippen molar-refractivity contribution >= 4 is 29.0 Å². The minimum Gasteiger partial charge on any atom is -0.373 e. The van der Waals surface area contributed by atoms with Gasteiger partial charge in [-0.15, -0.1) is 11.3 Å². The lowest BCUT2D eigenvalue weighted by atomic mass is 9.94. The van der Waals surface area contributed by atoms with Gasteiger partial charge in [0.1, 0.15) is 16.5 Å². The van der Waals surface area contributed by atoms with Crippen LogP contribution in [0.4, 0.5) is 5.82 Å². The molecule has 0 aliphatic carbocycles. The van der Waals surface area contributed by atoms with E-state index in [2.05, 4.69) is 15.3 Å². The zero-order chi connectivity index (χ0) is 20.3. The average Bonchev–Trinajstić information content (AvgIpc) is 3.13. The summed E-state index contributed by atoms with van der Waals surface area (Å²) >= 11 is 1.39. The van der Waals surface area contributed by atoms with E-state index >= 15 is 0 Å². The fourth-order valence-corrected chi connectivity index (χ4v) is 4.07. The van der Waals surface area contributed by atoms with Crippen LogP contribution in [0.3, 0.4) is 0 Å². The summed E-state index contributed by atoms with van der Waals surface area (Å²) in [5.74, 6) is 1.47. The van der Waals surface area contributed by atoms with Crippen LogP contribution >= 0.6 is 11.3 Å². The molecule has 28 heavy (non-hydrogen) atoms. The van der Waals surface area contributed by atoms with Gasteiger partial charge in [0.2, 0.25) is 5.91 Å². The van der Waals surface area contributed by atoms with Crippen molar-refractivity contribution in [2.24, 2.45) is 0 Å². The van der Waals surface area contributed by atoms with Crippen molar-refractivity contribution in [3.8, 4) is 0 Å². The molecule has 2 aromatic heterocycles. The van der Waals surface area contributed by atoms with Gasteiger partial charge >= 0.3 is 0 Å². The lowest BCUT2D eigenvalue weighted by Gasteiger charge is -2.32. The molecule has 1 N–H and O–H groups in total. The maximum Gasteiger partial charge on any atom is 0.265 e. The van der Waals surface area contributed by atoms with Crippen LogP contribution in [0.1, 0.15) is 52.6 Å². The van der Waals surface area contributed by atoms with E-state index in [1.54, 1.807) is 17.5 Å². The van der Waals surface area contributed by atoms with Crippen LogP contribution in [0.25, 0.3) is 0 Å². The van der Waals surface area contributed by atoms with Crippen LogP contribution in [0.5, 0.6) is 0 Å². The van der Waals surface area contributed by atoms with E-state index in [1.165, 1.54) is 18.3 Å². The first kappa shape index (κ1) is 20.2. The van der Waals surface area contributed by atoms with Gasteiger partial charge in [0.25, 0.3) is 5.91 Å². The van der Waals surface area contributed by atoms with E-state index in [-0.39, 0.29) is 17.7 Å². The number of amides is 2. The molecule has 9 heteroatoms. The number of likely N-dealkylation sites (tertiary alicyclic amines) is 1. The van der Waals surface area contributed by atoms with E-state index in [0.717, 1.165) is 36.6 Å². The molecule has 0 radical (unpaired) electrons. The number of nitrogens with one attached hydrogen (secondary N) is 1. The number of hydrogen-bond donors (Lipinski definition) is 1. The normalized spacial score (nSPS) is 16.7. The maximum atomic E-state index is 12.9. The molecule has 1 aliphatic rings. The van der Waals surface area contributed by atoms with Gasteiger partial charge in [-0.05, 0) is 19.8 Å². The van der Waals surface area contributed by atoms with Crippen molar-refractivity contribution in [2.75, 3.05) is 32.5 Å². The SMILES string of the molecule is CNc1cc([C@H]2CCCN(C(=O)c3scnc3C)C2)nc(CN(C)C(C)=O)n1. The summed E-state index contributed by atoms with van der Waals surface area (Å²) in [6.45, 7) is 5.11. The summed E-state index contributed by atoms with van der Waals surface area (Å²) in [5, 5.41) is 3.07. The van der Waals surface area contributed by atoms with E-state index in [9.17, 15) is 9.59 Å². The minimum atomic E-state index is -0.0330. The molecule has 1 aliphatic heterocycles. The van der Waals surface area contributed by atoms with E-state index in [4.69, 9.17) is 4.98 Å². The molecule has 0 unspecified atom stereocenters.